The van der Waals surface area contributed by atoms with Crippen LogP contribution in [0.3, 0.4) is 0 Å². The topological polar surface area (TPSA) is 81.4 Å². The number of likely N-dealkylation sites (tertiary alicyclic amines) is 1. The summed E-state index contributed by atoms with van der Waals surface area (Å²) in [5.74, 6) is 0. The third-order valence-electron chi connectivity index (χ3n) is 3.12. The van der Waals surface area contributed by atoms with Crippen molar-refractivity contribution in [3.05, 3.63) is 22.5 Å². The van der Waals surface area contributed by atoms with Crippen molar-refractivity contribution in [2.45, 2.75) is 25.7 Å². The van der Waals surface area contributed by atoms with Gasteiger partial charge in [-0.15, -0.1) is 0 Å². The molecule has 0 radical (unpaired) electrons. The fraction of sp³-hybridized carbons (Fsp3) is 0.667. The Morgan fingerprint density at radius 3 is 2.58 bits per heavy atom. The SMILES string of the molecule is O=[N+]([O-])c1cnc(OCCCN2CCCCC2)nc1. The second kappa shape index (κ2) is 6.98. The molecule has 7 nitrogen and oxygen atoms in total. The molecule has 0 spiro atoms. The molecule has 1 aromatic heterocycles. The summed E-state index contributed by atoms with van der Waals surface area (Å²) in [5, 5.41) is 10.4. The van der Waals surface area contributed by atoms with Crippen molar-refractivity contribution in [1.29, 1.82) is 0 Å². The van der Waals surface area contributed by atoms with Crippen molar-refractivity contribution in [3.63, 3.8) is 0 Å². The number of nitrogens with zero attached hydrogens (tertiary/aromatic N) is 4. The van der Waals surface area contributed by atoms with E-state index in [1.165, 1.54) is 32.4 Å². The summed E-state index contributed by atoms with van der Waals surface area (Å²) in [7, 11) is 0. The molecule has 0 bridgehead atoms. The maximum absolute atomic E-state index is 10.4. The molecule has 0 aliphatic carbocycles. The highest BCUT2D eigenvalue weighted by atomic mass is 16.6. The standard InChI is InChI=1S/C12H18N4O3/c17-16(18)11-9-13-12(14-10-11)19-8-4-7-15-5-2-1-3-6-15/h9-10H,1-8H2. The van der Waals surface area contributed by atoms with Crippen LogP contribution in [0, 0.1) is 10.1 Å². The Morgan fingerprint density at radius 1 is 1.26 bits per heavy atom. The molecule has 1 aliphatic rings. The van der Waals surface area contributed by atoms with Crippen molar-refractivity contribution >= 4 is 5.69 Å². The molecule has 0 saturated carbocycles. The Hall–Kier alpha value is -1.76. The first-order chi connectivity index (χ1) is 9.25. The third kappa shape index (κ3) is 4.44. The normalized spacial score (nSPS) is 16.2. The zero-order valence-electron chi connectivity index (χ0n) is 10.8. The molecular formula is C12H18N4O3. The molecule has 1 aromatic rings. The Labute approximate surface area is 111 Å². The first kappa shape index (κ1) is 13.7. The van der Waals surface area contributed by atoms with Crippen LogP contribution in [0.4, 0.5) is 5.69 Å². The highest BCUT2D eigenvalue weighted by molar-refractivity contribution is 5.21. The van der Waals surface area contributed by atoms with Gasteiger partial charge in [0.25, 0.3) is 0 Å². The Morgan fingerprint density at radius 2 is 1.95 bits per heavy atom. The summed E-state index contributed by atoms with van der Waals surface area (Å²) in [6, 6.07) is 0.198. The van der Waals surface area contributed by atoms with E-state index in [1.54, 1.807) is 0 Å². The average molecular weight is 266 g/mol. The van der Waals surface area contributed by atoms with Crippen LogP contribution >= 0.6 is 0 Å². The van der Waals surface area contributed by atoms with E-state index in [1.807, 2.05) is 0 Å². The van der Waals surface area contributed by atoms with E-state index >= 15 is 0 Å². The van der Waals surface area contributed by atoms with E-state index in [0.29, 0.717) is 6.61 Å². The van der Waals surface area contributed by atoms with Gasteiger partial charge in [-0.2, -0.15) is 9.97 Å². The van der Waals surface area contributed by atoms with Gasteiger partial charge in [-0.1, -0.05) is 6.42 Å². The number of hydrogen-bond acceptors (Lipinski definition) is 6. The lowest BCUT2D eigenvalue weighted by molar-refractivity contribution is -0.385. The van der Waals surface area contributed by atoms with E-state index in [9.17, 15) is 10.1 Å². The zero-order valence-corrected chi connectivity index (χ0v) is 10.8. The van der Waals surface area contributed by atoms with Gasteiger partial charge in [-0.05, 0) is 32.4 Å². The van der Waals surface area contributed by atoms with Gasteiger partial charge in [-0.3, -0.25) is 10.1 Å². The van der Waals surface area contributed by atoms with E-state index in [-0.39, 0.29) is 11.7 Å². The summed E-state index contributed by atoms with van der Waals surface area (Å²) in [6.45, 7) is 3.91. The van der Waals surface area contributed by atoms with Crippen molar-refractivity contribution in [2.24, 2.45) is 0 Å². The monoisotopic (exact) mass is 266 g/mol. The summed E-state index contributed by atoms with van der Waals surface area (Å²) in [4.78, 5) is 19.9. The van der Waals surface area contributed by atoms with Crippen LogP contribution < -0.4 is 4.74 Å². The highest BCUT2D eigenvalue weighted by Gasteiger charge is 2.10. The molecule has 0 atom stereocenters. The summed E-state index contributed by atoms with van der Waals surface area (Å²) >= 11 is 0. The fourth-order valence-electron chi connectivity index (χ4n) is 2.11. The van der Waals surface area contributed by atoms with Crippen molar-refractivity contribution < 1.29 is 9.66 Å². The number of ether oxygens (including phenoxy) is 1. The predicted molar refractivity (Wildman–Crippen MR) is 69.1 cm³/mol. The molecule has 1 aliphatic heterocycles. The Balaban J connectivity index is 1.66. The van der Waals surface area contributed by atoms with Crippen molar-refractivity contribution in [3.8, 4) is 6.01 Å². The highest BCUT2D eigenvalue weighted by Crippen LogP contribution is 2.11. The van der Waals surface area contributed by atoms with Crippen molar-refractivity contribution in [2.75, 3.05) is 26.2 Å². The molecule has 1 saturated heterocycles. The zero-order chi connectivity index (χ0) is 13.5. The lowest BCUT2D eigenvalue weighted by atomic mass is 10.1. The molecule has 104 valence electrons. The molecule has 0 unspecified atom stereocenters. The van der Waals surface area contributed by atoms with E-state index < -0.39 is 4.92 Å². The minimum Gasteiger partial charge on any atom is -0.463 e. The lowest BCUT2D eigenvalue weighted by Gasteiger charge is -2.26. The first-order valence-electron chi connectivity index (χ1n) is 6.57. The van der Waals surface area contributed by atoms with E-state index in [4.69, 9.17) is 4.74 Å². The molecule has 0 amide bonds. The molecule has 7 heteroatoms. The minimum absolute atomic E-state index is 0.124. The number of hydrogen-bond donors (Lipinski definition) is 0. The Bertz CT molecular complexity index is 404. The number of nitro groups is 1. The molecule has 2 rings (SSSR count). The van der Waals surface area contributed by atoms with Crippen molar-refractivity contribution in [1.82, 2.24) is 14.9 Å². The molecule has 19 heavy (non-hydrogen) atoms. The van der Waals surface area contributed by atoms with Gasteiger partial charge in [-0.25, -0.2) is 0 Å². The smallest absolute Gasteiger partial charge is 0.316 e. The molecular weight excluding hydrogens is 248 g/mol. The molecule has 2 heterocycles. The quantitative estimate of drug-likeness (QED) is 0.442. The number of aromatic nitrogens is 2. The van der Waals surface area contributed by atoms with Crippen LogP contribution in [0.1, 0.15) is 25.7 Å². The molecule has 0 aromatic carbocycles. The van der Waals surface area contributed by atoms with Gasteiger partial charge >= 0.3 is 11.7 Å². The molecule has 0 N–H and O–H groups in total. The van der Waals surface area contributed by atoms with E-state index in [0.717, 1.165) is 25.4 Å². The third-order valence-corrected chi connectivity index (χ3v) is 3.12. The fourth-order valence-corrected chi connectivity index (χ4v) is 2.11. The van der Waals surface area contributed by atoms with Crippen LogP contribution in [0.25, 0.3) is 0 Å². The van der Waals surface area contributed by atoms with Gasteiger partial charge < -0.3 is 9.64 Å². The largest absolute Gasteiger partial charge is 0.463 e. The minimum atomic E-state index is -0.528. The first-order valence-corrected chi connectivity index (χ1v) is 6.57. The van der Waals surface area contributed by atoms with Crippen LogP contribution in [0.5, 0.6) is 6.01 Å². The maximum Gasteiger partial charge on any atom is 0.316 e. The predicted octanol–water partition coefficient (Wildman–Crippen LogP) is 1.64. The second-order valence-electron chi connectivity index (χ2n) is 4.59. The van der Waals surface area contributed by atoms with Gasteiger partial charge in [0.1, 0.15) is 12.4 Å². The van der Waals surface area contributed by atoms with Crippen LogP contribution in [0.15, 0.2) is 12.4 Å². The summed E-state index contributed by atoms with van der Waals surface area (Å²) in [6.07, 6.45) is 7.14. The lowest BCUT2D eigenvalue weighted by Crippen LogP contribution is -2.31. The van der Waals surface area contributed by atoms with Gasteiger partial charge in [0.05, 0.1) is 11.5 Å². The van der Waals surface area contributed by atoms with Gasteiger partial charge in [0.15, 0.2) is 0 Å². The number of piperidine rings is 1. The van der Waals surface area contributed by atoms with E-state index in [2.05, 4.69) is 14.9 Å². The summed E-state index contributed by atoms with van der Waals surface area (Å²) < 4.78 is 5.36. The van der Waals surface area contributed by atoms with Gasteiger partial charge in [0, 0.05) is 6.54 Å². The van der Waals surface area contributed by atoms with Crippen LogP contribution in [0.2, 0.25) is 0 Å². The van der Waals surface area contributed by atoms with Crippen LogP contribution in [-0.2, 0) is 0 Å². The summed E-state index contributed by atoms with van der Waals surface area (Å²) in [5.41, 5.74) is -0.124. The van der Waals surface area contributed by atoms with Gasteiger partial charge in [0.2, 0.25) is 0 Å². The molecule has 1 fully saturated rings. The average Bonchev–Trinajstić information content (AvgIpc) is 2.45. The second-order valence-corrected chi connectivity index (χ2v) is 4.59. The van der Waals surface area contributed by atoms with Crippen LogP contribution in [-0.4, -0.2) is 46.0 Å². The maximum atomic E-state index is 10.4. The number of rotatable bonds is 6. The Kier molecular flexibility index (Phi) is 5.02.